The summed E-state index contributed by atoms with van der Waals surface area (Å²) in [6.07, 6.45) is 6.55. The molecule has 3 rings (SSSR count). The van der Waals surface area contributed by atoms with Gasteiger partial charge in [0.1, 0.15) is 5.65 Å². The quantitative estimate of drug-likeness (QED) is 0.844. The van der Waals surface area contributed by atoms with Crippen molar-refractivity contribution in [1.82, 2.24) is 9.38 Å². The number of nitrogens with zero attached hydrogens (tertiary/aromatic N) is 2. The van der Waals surface area contributed by atoms with Crippen molar-refractivity contribution in [2.45, 2.75) is 26.2 Å². The van der Waals surface area contributed by atoms with Gasteiger partial charge in [-0.05, 0) is 43.7 Å². The van der Waals surface area contributed by atoms with Gasteiger partial charge in [-0.2, -0.15) is 0 Å². The maximum absolute atomic E-state index is 11.7. The maximum Gasteiger partial charge on any atom is 0.150 e. The van der Waals surface area contributed by atoms with Crippen LogP contribution in [-0.4, -0.2) is 29.3 Å². The molecule has 0 N–H and O–H groups in total. The fourth-order valence-corrected chi connectivity index (χ4v) is 4.65. The van der Waals surface area contributed by atoms with E-state index < -0.39 is 9.84 Å². The van der Waals surface area contributed by atoms with E-state index in [1.807, 2.05) is 35.9 Å². The zero-order valence-electron chi connectivity index (χ0n) is 11.0. The molecule has 4 nitrogen and oxygen atoms in total. The Morgan fingerprint density at radius 2 is 2.32 bits per heavy atom. The van der Waals surface area contributed by atoms with Crippen molar-refractivity contribution >= 4 is 15.5 Å². The summed E-state index contributed by atoms with van der Waals surface area (Å²) in [6.45, 7) is 2.04. The molecule has 1 fully saturated rings. The maximum atomic E-state index is 11.7. The number of aryl methyl sites for hydroxylation is 1. The minimum Gasteiger partial charge on any atom is -0.307 e. The second-order valence-electron chi connectivity index (χ2n) is 5.48. The summed E-state index contributed by atoms with van der Waals surface area (Å²) >= 11 is 0. The van der Waals surface area contributed by atoms with Gasteiger partial charge in [0.05, 0.1) is 17.2 Å². The van der Waals surface area contributed by atoms with Gasteiger partial charge in [0.25, 0.3) is 0 Å². The normalized spacial score (nSPS) is 22.7. The smallest absolute Gasteiger partial charge is 0.150 e. The molecule has 1 atom stereocenters. The standard InChI is InChI=1S/C14H18N2O2S/c1-11-4-2-6-16-9-13(15-14(11)16)8-12-5-3-7-19(17,18)10-12/h2,4,6,9,12H,3,5,7-8,10H2,1H3. The van der Waals surface area contributed by atoms with Gasteiger partial charge in [0, 0.05) is 12.4 Å². The summed E-state index contributed by atoms with van der Waals surface area (Å²) in [6, 6.07) is 4.04. The van der Waals surface area contributed by atoms with E-state index in [1.54, 1.807) is 0 Å². The van der Waals surface area contributed by atoms with Crippen molar-refractivity contribution in [1.29, 1.82) is 0 Å². The van der Waals surface area contributed by atoms with E-state index in [4.69, 9.17) is 0 Å². The Morgan fingerprint density at radius 3 is 3.05 bits per heavy atom. The van der Waals surface area contributed by atoms with Crippen molar-refractivity contribution in [3.8, 4) is 0 Å². The van der Waals surface area contributed by atoms with Gasteiger partial charge in [-0.3, -0.25) is 0 Å². The lowest BCUT2D eigenvalue weighted by molar-refractivity contribution is 0.480. The predicted molar refractivity (Wildman–Crippen MR) is 75.0 cm³/mol. The molecule has 0 radical (unpaired) electrons. The molecule has 0 amide bonds. The van der Waals surface area contributed by atoms with E-state index in [-0.39, 0.29) is 5.92 Å². The Morgan fingerprint density at radius 1 is 1.47 bits per heavy atom. The van der Waals surface area contributed by atoms with Crippen LogP contribution in [0.1, 0.15) is 24.1 Å². The number of sulfone groups is 1. The Bertz CT molecular complexity index is 703. The van der Waals surface area contributed by atoms with Crippen LogP contribution >= 0.6 is 0 Å². The third-order valence-corrected chi connectivity index (χ3v) is 5.67. The first-order valence-electron chi connectivity index (χ1n) is 6.67. The molecule has 102 valence electrons. The summed E-state index contributed by atoms with van der Waals surface area (Å²) < 4.78 is 25.3. The molecule has 0 aliphatic carbocycles. The highest BCUT2D eigenvalue weighted by Crippen LogP contribution is 2.22. The Balaban J connectivity index is 1.84. The number of hydrogen-bond donors (Lipinski definition) is 0. The Hall–Kier alpha value is -1.36. The number of rotatable bonds is 2. The summed E-state index contributed by atoms with van der Waals surface area (Å²) in [5, 5.41) is 0. The largest absolute Gasteiger partial charge is 0.307 e. The minimum atomic E-state index is -2.82. The van der Waals surface area contributed by atoms with Crippen LogP contribution in [0, 0.1) is 12.8 Å². The average molecular weight is 278 g/mol. The first kappa shape index (κ1) is 12.7. The van der Waals surface area contributed by atoms with Crippen LogP contribution < -0.4 is 0 Å². The molecular formula is C14H18N2O2S. The van der Waals surface area contributed by atoms with Crippen molar-refractivity contribution in [3.05, 3.63) is 35.8 Å². The Labute approximate surface area is 113 Å². The van der Waals surface area contributed by atoms with Crippen LogP contribution in [0.2, 0.25) is 0 Å². The second kappa shape index (κ2) is 4.63. The van der Waals surface area contributed by atoms with Gasteiger partial charge >= 0.3 is 0 Å². The van der Waals surface area contributed by atoms with E-state index in [9.17, 15) is 8.42 Å². The van der Waals surface area contributed by atoms with E-state index in [0.717, 1.165) is 36.2 Å². The molecule has 0 aromatic carbocycles. The number of fused-ring (bicyclic) bond motifs is 1. The minimum absolute atomic E-state index is 0.226. The molecule has 3 heterocycles. The van der Waals surface area contributed by atoms with Crippen LogP contribution in [0.5, 0.6) is 0 Å². The average Bonchev–Trinajstić information content (AvgIpc) is 2.71. The second-order valence-corrected chi connectivity index (χ2v) is 7.71. The van der Waals surface area contributed by atoms with Crippen molar-refractivity contribution in [2.75, 3.05) is 11.5 Å². The molecular weight excluding hydrogens is 260 g/mol. The summed E-state index contributed by atoms with van der Waals surface area (Å²) in [7, 11) is -2.82. The van der Waals surface area contributed by atoms with E-state index in [1.165, 1.54) is 0 Å². The van der Waals surface area contributed by atoms with Gasteiger partial charge < -0.3 is 4.40 Å². The molecule has 1 aliphatic rings. The Kier molecular flexibility index (Phi) is 3.09. The van der Waals surface area contributed by atoms with E-state index >= 15 is 0 Å². The molecule has 1 unspecified atom stereocenters. The van der Waals surface area contributed by atoms with Gasteiger partial charge in [-0.15, -0.1) is 0 Å². The van der Waals surface area contributed by atoms with Crippen LogP contribution in [0.4, 0.5) is 0 Å². The highest BCUT2D eigenvalue weighted by molar-refractivity contribution is 7.91. The molecule has 1 saturated heterocycles. The fourth-order valence-electron chi connectivity index (χ4n) is 2.88. The highest BCUT2D eigenvalue weighted by Gasteiger charge is 2.25. The van der Waals surface area contributed by atoms with Gasteiger partial charge in [-0.25, -0.2) is 13.4 Å². The molecule has 2 aromatic heterocycles. The topological polar surface area (TPSA) is 51.4 Å². The highest BCUT2D eigenvalue weighted by atomic mass is 32.2. The lowest BCUT2D eigenvalue weighted by Crippen LogP contribution is -2.26. The summed E-state index contributed by atoms with van der Waals surface area (Å²) in [4.78, 5) is 4.62. The monoisotopic (exact) mass is 278 g/mol. The number of hydrogen-bond acceptors (Lipinski definition) is 3. The SMILES string of the molecule is Cc1cccn2cc(CC3CCCS(=O)(=O)C3)nc12. The molecule has 5 heteroatoms. The zero-order chi connectivity index (χ0) is 13.5. The molecule has 19 heavy (non-hydrogen) atoms. The van der Waals surface area contributed by atoms with Gasteiger partial charge in [0.2, 0.25) is 0 Å². The van der Waals surface area contributed by atoms with Gasteiger partial charge in [0.15, 0.2) is 9.84 Å². The molecule has 0 saturated carbocycles. The number of imidazole rings is 1. The van der Waals surface area contributed by atoms with Crippen molar-refractivity contribution in [3.63, 3.8) is 0 Å². The lowest BCUT2D eigenvalue weighted by Gasteiger charge is -2.20. The molecule has 0 bridgehead atoms. The van der Waals surface area contributed by atoms with Crippen LogP contribution in [0.15, 0.2) is 24.5 Å². The van der Waals surface area contributed by atoms with Crippen molar-refractivity contribution < 1.29 is 8.42 Å². The molecule has 2 aromatic rings. The third kappa shape index (κ3) is 2.66. The van der Waals surface area contributed by atoms with Crippen LogP contribution in [0.25, 0.3) is 5.65 Å². The zero-order valence-corrected chi connectivity index (χ0v) is 11.9. The van der Waals surface area contributed by atoms with Crippen LogP contribution in [-0.2, 0) is 16.3 Å². The van der Waals surface area contributed by atoms with Crippen molar-refractivity contribution in [2.24, 2.45) is 5.92 Å². The van der Waals surface area contributed by atoms with E-state index in [0.29, 0.717) is 11.5 Å². The van der Waals surface area contributed by atoms with Crippen LogP contribution in [0.3, 0.4) is 0 Å². The number of pyridine rings is 1. The lowest BCUT2D eigenvalue weighted by atomic mass is 10.00. The summed E-state index contributed by atoms with van der Waals surface area (Å²) in [5.74, 6) is 0.900. The fraction of sp³-hybridized carbons (Fsp3) is 0.500. The van der Waals surface area contributed by atoms with E-state index in [2.05, 4.69) is 4.98 Å². The predicted octanol–water partition coefficient (Wildman–Crippen LogP) is 2.01. The molecule has 0 spiro atoms. The first-order chi connectivity index (χ1) is 9.03. The van der Waals surface area contributed by atoms with Gasteiger partial charge in [-0.1, -0.05) is 6.07 Å². The third-order valence-electron chi connectivity index (χ3n) is 3.78. The first-order valence-corrected chi connectivity index (χ1v) is 8.49. The summed E-state index contributed by atoms with van der Waals surface area (Å²) in [5.41, 5.74) is 3.11. The number of aromatic nitrogens is 2. The molecule has 1 aliphatic heterocycles.